The van der Waals surface area contributed by atoms with Gasteiger partial charge in [-0.25, -0.2) is 0 Å². The molecule has 0 spiro atoms. The van der Waals surface area contributed by atoms with Crippen molar-refractivity contribution in [2.45, 2.75) is 38.1 Å². The summed E-state index contributed by atoms with van der Waals surface area (Å²) in [6.45, 7) is 11.4. The first kappa shape index (κ1) is 14.3. The van der Waals surface area contributed by atoms with Crippen molar-refractivity contribution < 1.29 is 0 Å². The van der Waals surface area contributed by atoms with Gasteiger partial charge >= 0.3 is 0 Å². The fraction of sp³-hybridized carbons (Fsp3) is 0.467. The summed E-state index contributed by atoms with van der Waals surface area (Å²) in [5.74, 6) is 1.12. The summed E-state index contributed by atoms with van der Waals surface area (Å²) in [6, 6.07) is 9.31. The predicted octanol–water partition coefficient (Wildman–Crippen LogP) is 4.42. The first-order valence-electron chi connectivity index (χ1n) is 6.24. The molecule has 0 aliphatic heterocycles. The molecule has 0 aliphatic carbocycles. The minimum absolute atomic E-state index is 0.439. The van der Waals surface area contributed by atoms with Crippen LogP contribution >= 0.6 is 11.8 Å². The largest absolute Gasteiger partial charge is 0.310 e. The summed E-state index contributed by atoms with van der Waals surface area (Å²) in [7, 11) is 0. The van der Waals surface area contributed by atoms with Gasteiger partial charge in [-0.15, -0.1) is 18.3 Å². The second-order valence-electron chi connectivity index (χ2n) is 4.40. The van der Waals surface area contributed by atoms with Crippen molar-refractivity contribution in [3.05, 3.63) is 42.0 Å². The fourth-order valence-electron chi connectivity index (χ4n) is 1.62. The lowest BCUT2D eigenvalue weighted by Gasteiger charge is -2.13. The van der Waals surface area contributed by atoms with E-state index in [-0.39, 0.29) is 0 Å². The summed E-state index contributed by atoms with van der Waals surface area (Å²) >= 11 is 1.90. The average molecular weight is 249 g/mol. The quantitative estimate of drug-likeness (QED) is 0.567. The highest BCUT2D eigenvalue weighted by Crippen LogP contribution is 2.22. The molecule has 0 bridgehead atoms. The van der Waals surface area contributed by atoms with Crippen molar-refractivity contribution in [2.75, 3.05) is 12.3 Å². The van der Waals surface area contributed by atoms with Crippen LogP contribution in [0.5, 0.6) is 0 Å². The van der Waals surface area contributed by atoms with Crippen LogP contribution in [-0.4, -0.2) is 12.3 Å². The molecule has 17 heavy (non-hydrogen) atoms. The molecule has 1 atom stereocenters. The maximum absolute atomic E-state index is 3.92. The fourth-order valence-corrected chi connectivity index (χ4v) is 2.63. The van der Waals surface area contributed by atoms with E-state index in [0.29, 0.717) is 6.04 Å². The van der Waals surface area contributed by atoms with E-state index < -0.39 is 0 Å². The zero-order valence-electron chi connectivity index (χ0n) is 11.1. The first-order chi connectivity index (χ1) is 8.13. The molecule has 0 fully saturated rings. The average Bonchev–Trinajstić information content (AvgIpc) is 2.30. The summed E-state index contributed by atoms with van der Waals surface area (Å²) in [5.41, 5.74) is 2.62. The van der Waals surface area contributed by atoms with Crippen LogP contribution in [0.2, 0.25) is 0 Å². The smallest absolute Gasteiger partial charge is 0.0291 e. The SMILES string of the molecule is C=C(C)CCSc1ccc(C(C)NCC)cc1. The molecule has 1 unspecified atom stereocenters. The van der Waals surface area contributed by atoms with Crippen LogP contribution in [0.15, 0.2) is 41.3 Å². The summed E-state index contributed by atoms with van der Waals surface area (Å²) < 4.78 is 0. The predicted molar refractivity (Wildman–Crippen MR) is 78.7 cm³/mol. The minimum atomic E-state index is 0.439. The normalized spacial score (nSPS) is 12.4. The van der Waals surface area contributed by atoms with Gasteiger partial charge in [-0.2, -0.15) is 0 Å². The van der Waals surface area contributed by atoms with Gasteiger partial charge in [0.05, 0.1) is 0 Å². The van der Waals surface area contributed by atoms with E-state index >= 15 is 0 Å². The number of rotatable bonds is 7. The number of hydrogen-bond donors (Lipinski definition) is 1. The number of hydrogen-bond acceptors (Lipinski definition) is 2. The Labute approximate surface area is 110 Å². The Balaban J connectivity index is 2.47. The van der Waals surface area contributed by atoms with Gasteiger partial charge in [0.1, 0.15) is 0 Å². The van der Waals surface area contributed by atoms with Gasteiger partial charge in [0.2, 0.25) is 0 Å². The number of benzene rings is 1. The molecule has 94 valence electrons. The molecule has 2 heteroatoms. The highest BCUT2D eigenvalue weighted by molar-refractivity contribution is 7.99. The van der Waals surface area contributed by atoms with Gasteiger partial charge in [0.25, 0.3) is 0 Å². The lowest BCUT2D eigenvalue weighted by molar-refractivity contribution is 0.598. The Morgan fingerprint density at radius 1 is 1.35 bits per heavy atom. The van der Waals surface area contributed by atoms with E-state index in [2.05, 4.69) is 56.9 Å². The maximum Gasteiger partial charge on any atom is 0.0291 e. The Bertz CT molecular complexity index is 342. The van der Waals surface area contributed by atoms with Crippen LogP contribution in [0.1, 0.15) is 38.8 Å². The van der Waals surface area contributed by atoms with E-state index in [1.807, 2.05) is 11.8 Å². The molecule has 0 aliphatic rings. The highest BCUT2D eigenvalue weighted by Gasteiger charge is 2.03. The van der Waals surface area contributed by atoms with E-state index in [9.17, 15) is 0 Å². The number of nitrogens with one attached hydrogen (secondary N) is 1. The molecule has 0 radical (unpaired) electrons. The molecular formula is C15H23NS. The van der Waals surface area contributed by atoms with Crippen LogP contribution in [0, 0.1) is 0 Å². The maximum atomic E-state index is 3.92. The molecule has 0 saturated heterocycles. The number of allylic oxidation sites excluding steroid dienone is 1. The van der Waals surface area contributed by atoms with Crippen molar-refractivity contribution >= 4 is 11.8 Å². The standard InChI is InChI=1S/C15H23NS/c1-5-16-13(4)14-6-8-15(9-7-14)17-11-10-12(2)3/h6-9,13,16H,2,5,10-11H2,1,3-4H3. The van der Waals surface area contributed by atoms with E-state index in [1.165, 1.54) is 16.0 Å². The van der Waals surface area contributed by atoms with Crippen molar-refractivity contribution in [1.29, 1.82) is 0 Å². The van der Waals surface area contributed by atoms with Gasteiger partial charge in [-0.3, -0.25) is 0 Å². The lowest BCUT2D eigenvalue weighted by atomic mass is 10.1. The van der Waals surface area contributed by atoms with Gasteiger partial charge in [-0.05, 0) is 44.5 Å². The van der Waals surface area contributed by atoms with Crippen LogP contribution < -0.4 is 5.32 Å². The molecule has 1 rings (SSSR count). The van der Waals surface area contributed by atoms with Crippen LogP contribution in [-0.2, 0) is 0 Å². The number of thioether (sulfide) groups is 1. The summed E-state index contributed by atoms with van der Waals surface area (Å²) in [6.07, 6.45) is 1.10. The first-order valence-corrected chi connectivity index (χ1v) is 7.22. The molecule has 0 heterocycles. The monoisotopic (exact) mass is 249 g/mol. The third-order valence-electron chi connectivity index (χ3n) is 2.69. The minimum Gasteiger partial charge on any atom is -0.310 e. The lowest BCUT2D eigenvalue weighted by Crippen LogP contribution is -2.17. The summed E-state index contributed by atoms with van der Waals surface area (Å²) in [4.78, 5) is 1.35. The van der Waals surface area contributed by atoms with Gasteiger partial charge in [0, 0.05) is 16.7 Å². The second kappa shape index (κ2) is 7.57. The van der Waals surface area contributed by atoms with E-state index in [4.69, 9.17) is 0 Å². The van der Waals surface area contributed by atoms with Crippen LogP contribution in [0.25, 0.3) is 0 Å². The summed E-state index contributed by atoms with van der Waals surface area (Å²) in [5, 5.41) is 3.42. The van der Waals surface area contributed by atoms with Gasteiger partial charge in [0.15, 0.2) is 0 Å². The van der Waals surface area contributed by atoms with E-state index in [1.54, 1.807) is 0 Å². The Morgan fingerprint density at radius 2 is 2.00 bits per heavy atom. The van der Waals surface area contributed by atoms with Crippen molar-refractivity contribution in [3.8, 4) is 0 Å². The van der Waals surface area contributed by atoms with Gasteiger partial charge < -0.3 is 5.32 Å². The molecule has 1 aromatic carbocycles. The topological polar surface area (TPSA) is 12.0 Å². The Morgan fingerprint density at radius 3 is 2.53 bits per heavy atom. The highest BCUT2D eigenvalue weighted by atomic mass is 32.2. The van der Waals surface area contributed by atoms with E-state index in [0.717, 1.165) is 18.7 Å². The van der Waals surface area contributed by atoms with Gasteiger partial charge in [-0.1, -0.05) is 24.6 Å². The molecular weight excluding hydrogens is 226 g/mol. The Hall–Kier alpha value is -0.730. The molecule has 1 N–H and O–H groups in total. The van der Waals surface area contributed by atoms with Crippen LogP contribution in [0.3, 0.4) is 0 Å². The van der Waals surface area contributed by atoms with Crippen molar-refractivity contribution in [1.82, 2.24) is 5.32 Å². The molecule has 0 aromatic heterocycles. The third-order valence-corrected chi connectivity index (χ3v) is 3.70. The molecule has 0 amide bonds. The second-order valence-corrected chi connectivity index (χ2v) is 5.57. The third kappa shape index (κ3) is 5.42. The zero-order chi connectivity index (χ0) is 12.7. The van der Waals surface area contributed by atoms with Crippen molar-refractivity contribution in [3.63, 3.8) is 0 Å². The molecule has 0 saturated carbocycles. The molecule has 1 aromatic rings. The molecule has 1 nitrogen and oxygen atoms in total. The van der Waals surface area contributed by atoms with Crippen molar-refractivity contribution in [2.24, 2.45) is 0 Å². The Kier molecular flexibility index (Phi) is 6.38. The van der Waals surface area contributed by atoms with Crippen LogP contribution in [0.4, 0.5) is 0 Å². The zero-order valence-corrected chi connectivity index (χ0v) is 11.9.